The normalized spacial score (nSPS) is 12.8. The van der Waals surface area contributed by atoms with Crippen molar-refractivity contribution in [2.24, 2.45) is 4.99 Å². The number of aliphatic imine (C=N–C) groups is 1. The zero-order chi connectivity index (χ0) is 13.4. The highest BCUT2D eigenvalue weighted by Crippen LogP contribution is 2.13. The Bertz CT molecular complexity index is 375. The van der Waals surface area contributed by atoms with Crippen molar-refractivity contribution >= 4 is 14.3 Å². The van der Waals surface area contributed by atoms with Crippen LogP contribution in [0.25, 0.3) is 0 Å². The lowest BCUT2D eigenvalue weighted by atomic mass is 10.1. The van der Waals surface area contributed by atoms with Gasteiger partial charge in [-0.3, -0.25) is 4.99 Å². The molecule has 0 aromatic heterocycles. The van der Waals surface area contributed by atoms with E-state index in [1.54, 1.807) is 14.2 Å². The number of hydrogen-bond acceptors (Lipinski definition) is 3. The second-order valence-corrected chi connectivity index (χ2v) is 8.06. The van der Waals surface area contributed by atoms with Gasteiger partial charge in [-0.1, -0.05) is 30.3 Å². The fourth-order valence-corrected chi connectivity index (χ4v) is 3.08. The van der Waals surface area contributed by atoms with Gasteiger partial charge in [-0.2, -0.15) is 0 Å². The second-order valence-electron chi connectivity index (χ2n) is 4.48. The van der Waals surface area contributed by atoms with Crippen molar-refractivity contribution in [1.82, 2.24) is 0 Å². The van der Waals surface area contributed by atoms with E-state index in [-0.39, 0.29) is 0 Å². The lowest BCUT2D eigenvalue weighted by Crippen LogP contribution is -2.35. The van der Waals surface area contributed by atoms with Crippen LogP contribution in [0, 0.1) is 0 Å². The van der Waals surface area contributed by atoms with E-state index in [2.05, 4.69) is 30.6 Å². The summed E-state index contributed by atoms with van der Waals surface area (Å²) in [5.41, 5.74) is 2.28. The van der Waals surface area contributed by atoms with Crippen molar-refractivity contribution in [3.8, 4) is 0 Å². The summed E-state index contributed by atoms with van der Waals surface area (Å²) in [5.74, 6) is 0. The minimum atomic E-state index is -1.92. The Morgan fingerprint density at radius 3 is 2.33 bits per heavy atom. The van der Waals surface area contributed by atoms with E-state index >= 15 is 0 Å². The largest absolute Gasteiger partial charge is 0.398 e. The van der Waals surface area contributed by atoms with Crippen LogP contribution in [0.1, 0.15) is 18.9 Å². The molecular formula is C14H23NO2Si. The summed E-state index contributed by atoms with van der Waals surface area (Å²) in [6.07, 6.45) is 1.01. The van der Waals surface area contributed by atoms with Crippen LogP contribution in [-0.2, 0) is 8.85 Å². The molecule has 0 saturated heterocycles. The topological polar surface area (TPSA) is 30.8 Å². The van der Waals surface area contributed by atoms with Crippen LogP contribution in [0.15, 0.2) is 35.3 Å². The van der Waals surface area contributed by atoms with E-state index in [1.165, 1.54) is 5.56 Å². The summed E-state index contributed by atoms with van der Waals surface area (Å²) in [4.78, 5) is 4.59. The molecule has 0 atom stereocenters. The molecule has 0 radical (unpaired) electrons. The number of rotatable bonds is 7. The van der Waals surface area contributed by atoms with Crippen LogP contribution in [0.4, 0.5) is 0 Å². The Labute approximate surface area is 111 Å². The molecule has 3 nitrogen and oxygen atoms in total. The Morgan fingerprint density at radius 2 is 1.78 bits per heavy atom. The molecule has 0 aliphatic heterocycles. The third-order valence-corrected chi connectivity index (χ3v) is 6.18. The molecule has 1 aromatic carbocycles. The molecule has 1 rings (SSSR count). The van der Waals surface area contributed by atoms with Gasteiger partial charge in [0.2, 0.25) is 0 Å². The molecule has 0 saturated carbocycles. The molecule has 0 spiro atoms. The maximum atomic E-state index is 5.45. The van der Waals surface area contributed by atoms with E-state index in [9.17, 15) is 0 Å². The van der Waals surface area contributed by atoms with Gasteiger partial charge in [0, 0.05) is 26.5 Å². The molecule has 0 unspecified atom stereocenters. The molecule has 18 heavy (non-hydrogen) atoms. The lowest BCUT2D eigenvalue weighted by molar-refractivity contribution is 0.249. The quantitative estimate of drug-likeness (QED) is 0.430. The molecule has 100 valence electrons. The van der Waals surface area contributed by atoms with E-state index in [0.29, 0.717) is 0 Å². The lowest BCUT2D eigenvalue weighted by Gasteiger charge is -2.22. The van der Waals surface area contributed by atoms with Gasteiger partial charge in [0.05, 0.1) is 0 Å². The van der Waals surface area contributed by atoms with E-state index in [1.807, 2.05) is 18.2 Å². The average molecular weight is 265 g/mol. The molecule has 0 N–H and O–H groups in total. The molecule has 4 heteroatoms. The molecule has 0 aliphatic rings. The zero-order valence-electron chi connectivity index (χ0n) is 11.8. The Balaban J connectivity index is 2.42. The number of hydrogen-bond donors (Lipinski definition) is 0. The van der Waals surface area contributed by atoms with Crippen molar-refractivity contribution in [1.29, 1.82) is 0 Å². The minimum Gasteiger partial charge on any atom is -0.398 e. The molecule has 0 amide bonds. The van der Waals surface area contributed by atoms with Crippen LogP contribution in [0.3, 0.4) is 0 Å². The maximum Gasteiger partial charge on any atom is 0.334 e. The average Bonchev–Trinajstić information content (AvgIpc) is 2.44. The van der Waals surface area contributed by atoms with Gasteiger partial charge >= 0.3 is 8.56 Å². The van der Waals surface area contributed by atoms with Crippen molar-refractivity contribution < 1.29 is 8.85 Å². The van der Waals surface area contributed by atoms with Gasteiger partial charge in [-0.25, -0.2) is 0 Å². The standard InChI is InChI=1S/C14H23NO2Si/c1-13(14-9-6-5-7-10-14)15-11-8-12-18(4,16-2)17-3/h5-7,9-10H,8,11-12H2,1-4H3. The van der Waals surface area contributed by atoms with Gasteiger partial charge in [-0.05, 0) is 31.5 Å². The molecule has 0 heterocycles. The maximum absolute atomic E-state index is 5.45. The van der Waals surface area contributed by atoms with Crippen LogP contribution >= 0.6 is 0 Å². The minimum absolute atomic E-state index is 0.829. The predicted octanol–water partition coefficient (Wildman–Crippen LogP) is 3.25. The fraction of sp³-hybridized carbons (Fsp3) is 0.500. The van der Waals surface area contributed by atoms with Crippen LogP contribution < -0.4 is 0 Å². The van der Waals surface area contributed by atoms with E-state index < -0.39 is 8.56 Å². The smallest absolute Gasteiger partial charge is 0.334 e. The predicted molar refractivity (Wildman–Crippen MR) is 78.6 cm³/mol. The van der Waals surface area contributed by atoms with E-state index in [0.717, 1.165) is 24.7 Å². The van der Waals surface area contributed by atoms with Gasteiger partial charge in [0.1, 0.15) is 0 Å². The van der Waals surface area contributed by atoms with Crippen molar-refractivity contribution in [2.45, 2.75) is 25.9 Å². The summed E-state index contributed by atoms with van der Waals surface area (Å²) in [5, 5.41) is 0. The highest BCUT2D eigenvalue weighted by atomic mass is 28.4. The van der Waals surface area contributed by atoms with Crippen LogP contribution in [0.5, 0.6) is 0 Å². The first-order valence-electron chi connectivity index (χ1n) is 6.28. The molecule has 0 fully saturated rings. The van der Waals surface area contributed by atoms with Gasteiger partial charge < -0.3 is 8.85 Å². The van der Waals surface area contributed by atoms with E-state index in [4.69, 9.17) is 8.85 Å². The highest BCUT2D eigenvalue weighted by Gasteiger charge is 2.27. The third-order valence-electron chi connectivity index (χ3n) is 3.19. The zero-order valence-corrected chi connectivity index (χ0v) is 12.8. The van der Waals surface area contributed by atoms with Crippen molar-refractivity contribution in [2.75, 3.05) is 20.8 Å². The van der Waals surface area contributed by atoms with Crippen LogP contribution in [0.2, 0.25) is 12.6 Å². The molecular weight excluding hydrogens is 242 g/mol. The summed E-state index contributed by atoms with van der Waals surface area (Å²) in [6, 6.07) is 11.2. The first-order chi connectivity index (χ1) is 8.61. The Morgan fingerprint density at radius 1 is 1.17 bits per heavy atom. The van der Waals surface area contributed by atoms with Gasteiger partial charge in [0.15, 0.2) is 0 Å². The molecule has 0 aliphatic carbocycles. The monoisotopic (exact) mass is 265 g/mol. The summed E-state index contributed by atoms with van der Waals surface area (Å²) in [6.45, 7) is 4.97. The summed E-state index contributed by atoms with van der Waals surface area (Å²) < 4.78 is 10.9. The third kappa shape index (κ3) is 4.72. The van der Waals surface area contributed by atoms with Gasteiger partial charge in [-0.15, -0.1) is 0 Å². The number of nitrogens with zero attached hydrogens (tertiary/aromatic N) is 1. The van der Waals surface area contributed by atoms with Gasteiger partial charge in [0.25, 0.3) is 0 Å². The number of benzene rings is 1. The van der Waals surface area contributed by atoms with Crippen molar-refractivity contribution in [3.05, 3.63) is 35.9 Å². The highest BCUT2D eigenvalue weighted by molar-refractivity contribution is 6.65. The van der Waals surface area contributed by atoms with Crippen LogP contribution in [-0.4, -0.2) is 35.0 Å². The summed E-state index contributed by atoms with van der Waals surface area (Å²) in [7, 11) is 1.54. The second kappa shape index (κ2) is 7.46. The fourth-order valence-electron chi connectivity index (χ4n) is 1.71. The SMILES string of the molecule is CO[Si](C)(CCCN=C(C)c1ccccc1)OC. The Hall–Kier alpha value is -0.973. The molecule has 1 aromatic rings. The first-order valence-corrected chi connectivity index (χ1v) is 8.80. The van der Waals surface area contributed by atoms with Crippen molar-refractivity contribution in [3.63, 3.8) is 0 Å². The molecule has 0 bridgehead atoms. The Kier molecular flexibility index (Phi) is 6.25. The summed E-state index contributed by atoms with van der Waals surface area (Å²) >= 11 is 0. The first kappa shape index (κ1) is 15.1.